The van der Waals surface area contributed by atoms with E-state index in [-0.39, 0.29) is 18.0 Å². The van der Waals surface area contributed by atoms with Crippen molar-refractivity contribution in [2.24, 2.45) is 4.99 Å². The van der Waals surface area contributed by atoms with Crippen LogP contribution in [0.2, 0.25) is 0 Å². The van der Waals surface area contributed by atoms with Crippen LogP contribution in [-0.4, -0.2) is 44.6 Å². The van der Waals surface area contributed by atoms with Crippen molar-refractivity contribution < 1.29 is 4.79 Å². The predicted octanol–water partition coefficient (Wildman–Crippen LogP) is 1.72. The highest BCUT2D eigenvalue weighted by molar-refractivity contribution is 5.86. The molecule has 0 aliphatic rings. The van der Waals surface area contributed by atoms with Gasteiger partial charge in [0.2, 0.25) is 5.91 Å². The predicted molar refractivity (Wildman–Crippen MR) is 101 cm³/mol. The van der Waals surface area contributed by atoms with Gasteiger partial charge in [0.15, 0.2) is 5.96 Å². The SMILES string of the molecule is CCNC(=NCc1cccc(N(C)C)c1)NCC(=O)NC(C)(C)C. The van der Waals surface area contributed by atoms with E-state index in [1.807, 2.05) is 53.9 Å². The van der Waals surface area contributed by atoms with Crippen LogP contribution in [-0.2, 0) is 11.3 Å². The maximum absolute atomic E-state index is 11.9. The topological polar surface area (TPSA) is 68.8 Å². The Morgan fingerprint density at radius 3 is 2.50 bits per heavy atom. The third-order valence-electron chi connectivity index (χ3n) is 3.12. The highest BCUT2D eigenvalue weighted by Crippen LogP contribution is 2.13. The van der Waals surface area contributed by atoms with E-state index in [1.165, 1.54) is 0 Å². The molecular weight excluding hydrogens is 302 g/mol. The molecule has 134 valence electrons. The van der Waals surface area contributed by atoms with Crippen LogP contribution in [0, 0.1) is 0 Å². The third kappa shape index (κ3) is 7.85. The summed E-state index contributed by atoms with van der Waals surface area (Å²) in [5.41, 5.74) is 2.03. The lowest BCUT2D eigenvalue weighted by Crippen LogP contribution is -2.48. The van der Waals surface area contributed by atoms with Crippen molar-refractivity contribution in [2.45, 2.75) is 39.8 Å². The fraction of sp³-hybridized carbons (Fsp3) is 0.556. The Bertz CT molecular complexity index is 561. The van der Waals surface area contributed by atoms with E-state index in [2.05, 4.69) is 38.0 Å². The monoisotopic (exact) mass is 333 g/mol. The largest absolute Gasteiger partial charge is 0.378 e. The number of benzene rings is 1. The zero-order valence-corrected chi connectivity index (χ0v) is 15.7. The Hall–Kier alpha value is -2.24. The van der Waals surface area contributed by atoms with Crippen LogP contribution in [0.25, 0.3) is 0 Å². The molecule has 1 aromatic rings. The molecule has 0 unspecified atom stereocenters. The van der Waals surface area contributed by atoms with Crippen molar-refractivity contribution in [1.29, 1.82) is 0 Å². The normalized spacial score (nSPS) is 11.8. The van der Waals surface area contributed by atoms with Gasteiger partial charge in [-0.25, -0.2) is 4.99 Å². The molecule has 1 rings (SSSR count). The first-order chi connectivity index (χ1) is 11.2. The molecule has 0 heterocycles. The van der Waals surface area contributed by atoms with Gasteiger partial charge < -0.3 is 20.9 Å². The van der Waals surface area contributed by atoms with Crippen LogP contribution in [0.15, 0.2) is 29.3 Å². The second kappa shape index (κ2) is 9.15. The van der Waals surface area contributed by atoms with E-state index < -0.39 is 0 Å². The number of carbonyl (C=O) groups is 1. The Labute approximate surface area is 145 Å². The molecule has 1 aromatic carbocycles. The Morgan fingerprint density at radius 1 is 1.21 bits per heavy atom. The number of anilines is 1. The molecule has 0 saturated heterocycles. The van der Waals surface area contributed by atoms with Gasteiger partial charge in [-0.3, -0.25) is 4.79 Å². The van der Waals surface area contributed by atoms with Crippen LogP contribution >= 0.6 is 0 Å². The van der Waals surface area contributed by atoms with Gasteiger partial charge in [-0.2, -0.15) is 0 Å². The van der Waals surface area contributed by atoms with Crippen LogP contribution in [0.3, 0.4) is 0 Å². The summed E-state index contributed by atoms with van der Waals surface area (Å²) in [4.78, 5) is 18.5. The number of nitrogens with one attached hydrogen (secondary N) is 3. The summed E-state index contributed by atoms with van der Waals surface area (Å²) in [7, 11) is 4.03. The molecule has 6 heteroatoms. The molecule has 0 bridgehead atoms. The molecule has 24 heavy (non-hydrogen) atoms. The maximum atomic E-state index is 11.9. The van der Waals surface area contributed by atoms with Gasteiger partial charge in [-0.05, 0) is 45.4 Å². The molecular formula is C18H31N5O. The third-order valence-corrected chi connectivity index (χ3v) is 3.12. The number of aliphatic imine (C=N–C) groups is 1. The quantitative estimate of drug-likeness (QED) is 0.548. The van der Waals surface area contributed by atoms with E-state index in [9.17, 15) is 4.79 Å². The van der Waals surface area contributed by atoms with Gasteiger partial charge in [0.1, 0.15) is 0 Å². The van der Waals surface area contributed by atoms with Crippen molar-refractivity contribution in [3.8, 4) is 0 Å². The van der Waals surface area contributed by atoms with Crippen molar-refractivity contribution in [1.82, 2.24) is 16.0 Å². The standard InChI is InChI=1S/C18H31N5O/c1-7-19-17(21-13-16(24)22-18(2,3)4)20-12-14-9-8-10-15(11-14)23(5)6/h8-11H,7,12-13H2,1-6H3,(H,22,24)(H2,19,20,21). The Kier molecular flexibility index (Phi) is 7.55. The Balaban J connectivity index is 2.65. The van der Waals surface area contributed by atoms with Crippen LogP contribution in [0.1, 0.15) is 33.3 Å². The van der Waals surface area contributed by atoms with Gasteiger partial charge in [0, 0.05) is 31.9 Å². The number of rotatable bonds is 6. The zero-order valence-electron chi connectivity index (χ0n) is 15.7. The fourth-order valence-corrected chi connectivity index (χ4v) is 2.07. The van der Waals surface area contributed by atoms with E-state index in [0.717, 1.165) is 17.8 Å². The zero-order chi connectivity index (χ0) is 18.2. The highest BCUT2D eigenvalue weighted by atomic mass is 16.2. The summed E-state index contributed by atoms with van der Waals surface area (Å²) in [6.45, 7) is 9.37. The number of hydrogen-bond donors (Lipinski definition) is 3. The molecule has 0 radical (unpaired) electrons. The van der Waals surface area contributed by atoms with Crippen molar-refractivity contribution in [2.75, 3.05) is 32.1 Å². The number of hydrogen-bond acceptors (Lipinski definition) is 3. The molecule has 0 aliphatic carbocycles. The van der Waals surface area contributed by atoms with Crippen molar-refractivity contribution in [3.63, 3.8) is 0 Å². The number of guanidine groups is 1. The average Bonchev–Trinajstić information content (AvgIpc) is 2.48. The first kappa shape index (κ1) is 19.8. The lowest BCUT2D eigenvalue weighted by molar-refractivity contribution is -0.121. The summed E-state index contributed by atoms with van der Waals surface area (Å²) < 4.78 is 0. The van der Waals surface area contributed by atoms with E-state index >= 15 is 0 Å². The molecule has 3 N–H and O–H groups in total. The van der Waals surface area contributed by atoms with Gasteiger partial charge in [0.05, 0.1) is 13.1 Å². The van der Waals surface area contributed by atoms with E-state index in [0.29, 0.717) is 12.5 Å². The molecule has 1 amide bonds. The average molecular weight is 333 g/mol. The lowest BCUT2D eigenvalue weighted by atomic mass is 10.1. The number of nitrogens with zero attached hydrogens (tertiary/aromatic N) is 2. The van der Waals surface area contributed by atoms with Gasteiger partial charge >= 0.3 is 0 Å². The number of carbonyl (C=O) groups excluding carboxylic acids is 1. The summed E-state index contributed by atoms with van der Waals surface area (Å²) in [6.07, 6.45) is 0. The van der Waals surface area contributed by atoms with E-state index in [1.54, 1.807) is 0 Å². The summed E-state index contributed by atoms with van der Waals surface area (Å²) >= 11 is 0. The first-order valence-corrected chi connectivity index (χ1v) is 8.30. The molecule has 0 aromatic heterocycles. The lowest BCUT2D eigenvalue weighted by Gasteiger charge is -2.21. The molecule has 0 saturated carbocycles. The van der Waals surface area contributed by atoms with Crippen molar-refractivity contribution in [3.05, 3.63) is 29.8 Å². The minimum absolute atomic E-state index is 0.0530. The first-order valence-electron chi connectivity index (χ1n) is 8.30. The molecule has 0 aliphatic heterocycles. The van der Waals surface area contributed by atoms with Crippen LogP contribution < -0.4 is 20.9 Å². The highest BCUT2D eigenvalue weighted by Gasteiger charge is 2.13. The number of amides is 1. The minimum atomic E-state index is -0.235. The van der Waals surface area contributed by atoms with Crippen LogP contribution in [0.4, 0.5) is 5.69 Å². The molecule has 0 atom stereocenters. The summed E-state index contributed by atoms with van der Waals surface area (Å²) in [6, 6.07) is 8.25. The second-order valence-electron chi connectivity index (χ2n) is 6.91. The van der Waals surface area contributed by atoms with Crippen molar-refractivity contribution >= 4 is 17.6 Å². The molecule has 6 nitrogen and oxygen atoms in total. The van der Waals surface area contributed by atoms with Gasteiger partial charge in [-0.1, -0.05) is 12.1 Å². The maximum Gasteiger partial charge on any atom is 0.239 e. The van der Waals surface area contributed by atoms with Gasteiger partial charge in [-0.15, -0.1) is 0 Å². The van der Waals surface area contributed by atoms with E-state index in [4.69, 9.17) is 0 Å². The Morgan fingerprint density at radius 2 is 1.92 bits per heavy atom. The smallest absolute Gasteiger partial charge is 0.239 e. The van der Waals surface area contributed by atoms with Crippen LogP contribution in [0.5, 0.6) is 0 Å². The minimum Gasteiger partial charge on any atom is -0.378 e. The second-order valence-corrected chi connectivity index (χ2v) is 6.91. The fourth-order valence-electron chi connectivity index (χ4n) is 2.07. The summed E-state index contributed by atoms with van der Waals surface area (Å²) in [5.74, 6) is 0.583. The molecule has 0 spiro atoms. The molecule has 0 fully saturated rings. The van der Waals surface area contributed by atoms with Gasteiger partial charge in [0.25, 0.3) is 0 Å². The summed E-state index contributed by atoms with van der Waals surface area (Å²) in [5, 5.41) is 9.14.